The Kier molecular flexibility index (Phi) is 5.12. The monoisotopic (exact) mass is 275 g/mol. The number of amides is 1. The fraction of sp³-hybridized carbons (Fsp3) is 0.467. The molecule has 0 aliphatic rings. The van der Waals surface area contributed by atoms with Crippen LogP contribution in [0.2, 0.25) is 0 Å². The lowest BCUT2D eigenvalue weighted by Crippen LogP contribution is -2.34. The molecule has 2 rings (SSSR count). The van der Waals surface area contributed by atoms with Gasteiger partial charge in [0, 0.05) is 25.9 Å². The fourth-order valence-corrected chi connectivity index (χ4v) is 2.26. The van der Waals surface area contributed by atoms with Crippen molar-refractivity contribution in [2.24, 2.45) is 0 Å². The third-order valence-corrected chi connectivity index (χ3v) is 3.23. The van der Waals surface area contributed by atoms with Gasteiger partial charge in [-0.3, -0.25) is 4.79 Å². The van der Waals surface area contributed by atoms with Gasteiger partial charge in [0.2, 0.25) is 5.91 Å². The first-order chi connectivity index (χ1) is 9.74. The SMILES string of the molecule is CCCN(CCO)C(=O)CCc1nc2ccccc2[nH]1. The van der Waals surface area contributed by atoms with E-state index in [1.54, 1.807) is 4.90 Å². The molecule has 0 fully saturated rings. The molecule has 2 aromatic rings. The number of hydrogen-bond donors (Lipinski definition) is 2. The van der Waals surface area contributed by atoms with Gasteiger partial charge in [-0.1, -0.05) is 19.1 Å². The van der Waals surface area contributed by atoms with E-state index in [-0.39, 0.29) is 12.5 Å². The highest BCUT2D eigenvalue weighted by atomic mass is 16.3. The molecular formula is C15H21N3O2. The van der Waals surface area contributed by atoms with Gasteiger partial charge in [0.15, 0.2) is 0 Å². The number of nitrogens with one attached hydrogen (secondary N) is 1. The number of aliphatic hydroxyl groups excluding tert-OH is 1. The van der Waals surface area contributed by atoms with Crippen molar-refractivity contribution in [3.05, 3.63) is 30.1 Å². The number of fused-ring (bicyclic) bond motifs is 1. The van der Waals surface area contributed by atoms with E-state index in [4.69, 9.17) is 5.11 Å². The van der Waals surface area contributed by atoms with Crippen molar-refractivity contribution in [2.75, 3.05) is 19.7 Å². The summed E-state index contributed by atoms with van der Waals surface area (Å²) in [6, 6.07) is 7.83. The topological polar surface area (TPSA) is 69.2 Å². The average molecular weight is 275 g/mol. The third-order valence-electron chi connectivity index (χ3n) is 3.23. The van der Waals surface area contributed by atoms with Crippen LogP contribution in [0, 0.1) is 0 Å². The Hall–Kier alpha value is -1.88. The minimum atomic E-state index is 0.0103. The fourth-order valence-electron chi connectivity index (χ4n) is 2.26. The first-order valence-corrected chi connectivity index (χ1v) is 7.07. The van der Waals surface area contributed by atoms with Crippen LogP contribution in [0.1, 0.15) is 25.6 Å². The van der Waals surface area contributed by atoms with Crippen LogP contribution in [0.5, 0.6) is 0 Å². The van der Waals surface area contributed by atoms with Gasteiger partial charge in [-0.25, -0.2) is 4.98 Å². The van der Waals surface area contributed by atoms with Crippen LogP contribution >= 0.6 is 0 Å². The smallest absolute Gasteiger partial charge is 0.223 e. The van der Waals surface area contributed by atoms with Crippen LogP contribution in [-0.4, -0.2) is 45.6 Å². The number of nitrogens with zero attached hydrogens (tertiary/aromatic N) is 2. The van der Waals surface area contributed by atoms with Gasteiger partial charge in [-0.2, -0.15) is 0 Å². The summed E-state index contributed by atoms with van der Waals surface area (Å²) < 4.78 is 0. The number of hydrogen-bond acceptors (Lipinski definition) is 3. The molecule has 5 nitrogen and oxygen atoms in total. The van der Waals surface area contributed by atoms with E-state index in [2.05, 4.69) is 9.97 Å². The van der Waals surface area contributed by atoms with E-state index in [0.717, 1.165) is 23.3 Å². The maximum Gasteiger partial charge on any atom is 0.223 e. The van der Waals surface area contributed by atoms with Crippen molar-refractivity contribution >= 4 is 16.9 Å². The molecule has 1 amide bonds. The molecule has 5 heteroatoms. The van der Waals surface area contributed by atoms with Crippen LogP contribution in [0.4, 0.5) is 0 Å². The van der Waals surface area contributed by atoms with Crippen LogP contribution in [0.3, 0.4) is 0 Å². The molecule has 0 saturated carbocycles. The highest BCUT2D eigenvalue weighted by molar-refractivity contribution is 5.77. The van der Waals surface area contributed by atoms with E-state index >= 15 is 0 Å². The standard InChI is InChI=1S/C15H21N3O2/c1-2-9-18(10-11-19)15(20)8-7-14-16-12-5-3-4-6-13(12)17-14/h3-6,19H,2,7-11H2,1H3,(H,16,17). The maximum absolute atomic E-state index is 12.1. The number of carbonyl (C=O) groups is 1. The molecule has 1 heterocycles. The summed E-state index contributed by atoms with van der Waals surface area (Å²) in [7, 11) is 0. The highest BCUT2D eigenvalue weighted by Crippen LogP contribution is 2.11. The zero-order valence-corrected chi connectivity index (χ0v) is 11.8. The highest BCUT2D eigenvalue weighted by Gasteiger charge is 2.13. The molecular weight excluding hydrogens is 254 g/mol. The summed E-state index contributed by atoms with van der Waals surface area (Å²) in [4.78, 5) is 21.5. The van der Waals surface area contributed by atoms with E-state index in [1.165, 1.54) is 0 Å². The van der Waals surface area contributed by atoms with E-state index in [9.17, 15) is 4.79 Å². The maximum atomic E-state index is 12.1. The number of carbonyl (C=O) groups excluding carboxylic acids is 1. The molecule has 0 bridgehead atoms. The van der Waals surface area contributed by atoms with Crippen molar-refractivity contribution in [3.8, 4) is 0 Å². The molecule has 0 radical (unpaired) electrons. The normalized spacial score (nSPS) is 10.9. The van der Waals surface area contributed by atoms with Crippen molar-refractivity contribution in [3.63, 3.8) is 0 Å². The van der Waals surface area contributed by atoms with Gasteiger partial charge in [-0.15, -0.1) is 0 Å². The first-order valence-electron chi connectivity index (χ1n) is 7.07. The van der Waals surface area contributed by atoms with Gasteiger partial charge in [0.25, 0.3) is 0 Å². The molecule has 0 spiro atoms. The summed E-state index contributed by atoms with van der Waals surface area (Å²) in [6.45, 7) is 3.14. The zero-order chi connectivity index (χ0) is 14.4. The lowest BCUT2D eigenvalue weighted by molar-refractivity contribution is -0.131. The largest absolute Gasteiger partial charge is 0.395 e. The Morgan fingerprint density at radius 1 is 1.35 bits per heavy atom. The molecule has 0 aliphatic carbocycles. The molecule has 108 valence electrons. The third kappa shape index (κ3) is 3.57. The molecule has 0 aliphatic heterocycles. The van der Waals surface area contributed by atoms with Gasteiger partial charge < -0.3 is 15.0 Å². The average Bonchev–Trinajstić information content (AvgIpc) is 2.87. The number of aromatic amines is 1. The number of aromatic nitrogens is 2. The van der Waals surface area contributed by atoms with Gasteiger partial charge in [0.1, 0.15) is 5.82 Å². The van der Waals surface area contributed by atoms with Crippen LogP contribution < -0.4 is 0 Å². The summed E-state index contributed by atoms with van der Waals surface area (Å²) in [5.41, 5.74) is 1.92. The lowest BCUT2D eigenvalue weighted by atomic mass is 10.2. The molecule has 1 aromatic carbocycles. The van der Waals surface area contributed by atoms with Crippen molar-refractivity contribution in [2.45, 2.75) is 26.2 Å². The molecule has 0 atom stereocenters. The summed E-state index contributed by atoms with van der Waals surface area (Å²) in [6.07, 6.45) is 1.91. The predicted octanol–water partition coefficient (Wildman–Crippen LogP) is 1.73. The van der Waals surface area contributed by atoms with Crippen molar-refractivity contribution in [1.29, 1.82) is 0 Å². The Bertz CT molecular complexity index is 526. The summed E-state index contributed by atoms with van der Waals surface area (Å²) >= 11 is 0. The second kappa shape index (κ2) is 7.05. The number of H-pyrrole nitrogens is 1. The lowest BCUT2D eigenvalue weighted by Gasteiger charge is -2.20. The molecule has 0 saturated heterocycles. The van der Waals surface area contributed by atoms with Crippen LogP contribution in [0.25, 0.3) is 11.0 Å². The minimum Gasteiger partial charge on any atom is -0.395 e. The van der Waals surface area contributed by atoms with Gasteiger partial charge in [0.05, 0.1) is 17.6 Å². The number of benzene rings is 1. The van der Waals surface area contributed by atoms with Gasteiger partial charge >= 0.3 is 0 Å². The quantitative estimate of drug-likeness (QED) is 0.808. The minimum absolute atomic E-state index is 0.0103. The molecule has 2 N–H and O–H groups in total. The van der Waals surface area contributed by atoms with Gasteiger partial charge in [-0.05, 0) is 18.6 Å². The number of rotatable bonds is 7. The molecule has 0 unspecified atom stereocenters. The number of aliphatic hydroxyl groups is 1. The first kappa shape index (κ1) is 14.5. The Morgan fingerprint density at radius 3 is 2.85 bits per heavy atom. The Morgan fingerprint density at radius 2 is 2.15 bits per heavy atom. The Labute approximate surface area is 118 Å². The Balaban J connectivity index is 1.94. The number of imidazole rings is 1. The molecule has 20 heavy (non-hydrogen) atoms. The van der Waals surface area contributed by atoms with E-state index in [0.29, 0.717) is 25.9 Å². The number of aryl methyl sites for hydroxylation is 1. The van der Waals surface area contributed by atoms with Crippen molar-refractivity contribution in [1.82, 2.24) is 14.9 Å². The van der Waals surface area contributed by atoms with Crippen molar-refractivity contribution < 1.29 is 9.90 Å². The van der Waals surface area contributed by atoms with E-state index < -0.39 is 0 Å². The predicted molar refractivity (Wildman–Crippen MR) is 78.4 cm³/mol. The van der Waals surface area contributed by atoms with Crippen LogP contribution in [0.15, 0.2) is 24.3 Å². The summed E-state index contributed by atoms with van der Waals surface area (Å²) in [5, 5.41) is 8.98. The van der Waals surface area contributed by atoms with Crippen LogP contribution in [-0.2, 0) is 11.2 Å². The second-order valence-corrected chi connectivity index (χ2v) is 4.81. The number of para-hydroxylation sites is 2. The second-order valence-electron chi connectivity index (χ2n) is 4.81. The molecule has 1 aromatic heterocycles. The zero-order valence-electron chi connectivity index (χ0n) is 11.8. The van der Waals surface area contributed by atoms with E-state index in [1.807, 2.05) is 31.2 Å². The summed E-state index contributed by atoms with van der Waals surface area (Å²) in [5.74, 6) is 0.904.